The number of fused-ring (bicyclic) bond motifs is 12. The van der Waals surface area contributed by atoms with Gasteiger partial charge in [-0.2, -0.15) is 29.0 Å². The van der Waals surface area contributed by atoms with Crippen molar-refractivity contribution in [3.05, 3.63) is 292 Å². The Hall–Kier alpha value is -12.4. The molecule has 16 rings (SSSR count). The third-order valence-corrected chi connectivity index (χ3v) is 18.4. The summed E-state index contributed by atoms with van der Waals surface area (Å²) >= 11 is 0. The van der Waals surface area contributed by atoms with Gasteiger partial charge in [-0.15, -0.1) is 0 Å². The van der Waals surface area contributed by atoms with Crippen molar-refractivity contribution in [3.8, 4) is 63.2 Å². The van der Waals surface area contributed by atoms with Gasteiger partial charge in [0.15, 0.2) is 5.69 Å². The first-order valence-electron chi connectivity index (χ1n) is 30.4. The van der Waals surface area contributed by atoms with E-state index in [1.165, 1.54) is 38.7 Å². The lowest BCUT2D eigenvalue weighted by Gasteiger charge is -2.20. The molecule has 0 spiro atoms. The SMILES string of the molecule is Cc1cc(C#N)ccc1-c1cc(-n2c3ccccc3c3c(C)cccc32)c(-n2c3ccccc3c3c(C)cccc32)cc1C#N.[C-]#[N+]c1cc(C(F)(F)F)ccc1-c1cc(-n2c3ccccc3c3c(C)cccc32)c(-n2c3ccccc3c3c(C)cccc32)cc1C#N. The van der Waals surface area contributed by atoms with Gasteiger partial charge in [-0.25, -0.2) is 4.85 Å². The molecule has 93 heavy (non-hydrogen) atoms. The summed E-state index contributed by atoms with van der Waals surface area (Å²) in [4.78, 5) is 3.49. The monoisotopic (exact) mass is 1210 g/mol. The van der Waals surface area contributed by atoms with Crippen molar-refractivity contribution in [1.29, 1.82) is 15.8 Å². The number of para-hydroxylation sites is 4. The Morgan fingerprint density at radius 3 is 1.00 bits per heavy atom. The van der Waals surface area contributed by atoms with Crippen molar-refractivity contribution in [2.75, 3.05) is 0 Å². The second-order valence-corrected chi connectivity index (χ2v) is 23.8. The normalized spacial score (nSPS) is 11.6. The average molecular weight is 1210 g/mol. The van der Waals surface area contributed by atoms with E-state index in [1.54, 1.807) is 6.07 Å². The average Bonchev–Trinajstić information content (AvgIpc) is 1.55. The van der Waals surface area contributed by atoms with E-state index in [0.717, 1.165) is 128 Å². The van der Waals surface area contributed by atoms with E-state index in [0.29, 0.717) is 16.7 Å². The lowest BCUT2D eigenvalue weighted by molar-refractivity contribution is -0.137. The van der Waals surface area contributed by atoms with Gasteiger partial charge in [0.2, 0.25) is 0 Å². The van der Waals surface area contributed by atoms with Crippen LogP contribution < -0.4 is 0 Å². The number of nitrogens with zero attached hydrogens (tertiary/aromatic N) is 8. The molecule has 16 aromatic rings. The van der Waals surface area contributed by atoms with Gasteiger partial charge in [0.25, 0.3) is 0 Å². The molecule has 0 bridgehead atoms. The predicted molar refractivity (Wildman–Crippen MR) is 370 cm³/mol. The Kier molecular flexibility index (Phi) is 13.5. The maximum atomic E-state index is 13.7. The highest BCUT2D eigenvalue weighted by molar-refractivity contribution is 6.15. The lowest BCUT2D eigenvalue weighted by Crippen LogP contribution is -2.06. The van der Waals surface area contributed by atoms with Crippen LogP contribution in [0.15, 0.2) is 231 Å². The number of aryl methyl sites for hydroxylation is 5. The minimum absolute atomic E-state index is 0.175. The van der Waals surface area contributed by atoms with Crippen LogP contribution in [0.2, 0.25) is 0 Å². The van der Waals surface area contributed by atoms with Crippen molar-refractivity contribution >= 4 is 92.9 Å². The van der Waals surface area contributed by atoms with Crippen LogP contribution in [0.1, 0.15) is 50.1 Å². The fraction of sp³-hybridized carbons (Fsp3) is 0.0732. The summed E-state index contributed by atoms with van der Waals surface area (Å²) in [5, 5.41) is 39.9. The topological polar surface area (TPSA) is 95.4 Å². The zero-order chi connectivity index (χ0) is 64.1. The highest BCUT2D eigenvalue weighted by Gasteiger charge is 2.32. The van der Waals surface area contributed by atoms with Crippen LogP contribution in [0.3, 0.4) is 0 Å². The molecule has 11 heteroatoms. The standard InChI is InChI=1S/C41H25F3N4.C41H28N4/c1-24-10-8-16-35-39(24)29-12-4-6-14-33(29)47(35)37-20-26(23-45)31(28-19-18-27(41(42,43)44)21-32(28)46-3)22-38(37)48-34-15-7-5-13-30(34)40-25(2)11-9-17-36(40)48;1-25-10-8-16-36-40(25)31-12-4-6-14-34(31)44(36)38-21-29(24-43)33(30-19-18-28(23-42)20-27(30)3)22-39(38)45-35-15-7-5-13-32(35)41-26(2)11-9-17-37(41)45/h4-22H,1-2H3;4-22H,1-3H3. The smallest absolute Gasteiger partial charge is 0.307 e. The summed E-state index contributed by atoms with van der Waals surface area (Å²) in [6.45, 7) is 18.3. The summed E-state index contributed by atoms with van der Waals surface area (Å²) in [6, 6.07) is 82.3. The molecule has 0 saturated carbocycles. The van der Waals surface area contributed by atoms with Crippen molar-refractivity contribution < 1.29 is 13.2 Å². The zero-order valence-corrected chi connectivity index (χ0v) is 51.2. The lowest BCUT2D eigenvalue weighted by atomic mass is 9.93. The van der Waals surface area contributed by atoms with E-state index < -0.39 is 11.7 Å². The van der Waals surface area contributed by atoms with Gasteiger partial charge in [-0.05, 0) is 170 Å². The van der Waals surface area contributed by atoms with Crippen LogP contribution in [0, 0.1) is 75.2 Å². The third kappa shape index (κ3) is 8.93. The number of hydrogen-bond acceptors (Lipinski definition) is 3. The molecule has 0 aliphatic carbocycles. The summed E-state index contributed by atoms with van der Waals surface area (Å²) in [7, 11) is 0. The van der Waals surface area contributed by atoms with Gasteiger partial charge in [0.05, 0.1) is 108 Å². The number of aromatic nitrogens is 4. The van der Waals surface area contributed by atoms with Gasteiger partial charge in [-0.1, -0.05) is 140 Å². The van der Waals surface area contributed by atoms with Crippen LogP contribution in [0.5, 0.6) is 0 Å². The van der Waals surface area contributed by atoms with E-state index in [4.69, 9.17) is 6.57 Å². The summed E-state index contributed by atoms with van der Waals surface area (Å²) < 4.78 is 50.1. The molecule has 0 saturated heterocycles. The molecule has 0 atom stereocenters. The maximum Gasteiger partial charge on any atom is 0.415 e. The molecule has 12 aromatic carbocycles. The molecule has 4 aromatic heterocycles. The minimum Gasteiger partial charge on any atom is -0.307 e. The summed E-state index contributed by atoms with van der Waals surface area (Å²) in [6.07, 6.45) is -4.61. The quantitative estimate of drug-likeness (QED) is 0.155. The molecule has 0 aliphatic heterocycles. The number of benzene rings is 12. The van der Waals surface area contributed by atoms with Crippen LogP contribution in [0.4, 0.5) is 18.9 Å². The molecular weight excluding hydrogens is 1150 g/mol. The molecular formula is C82H53F3N8. The minimum atomic E-state index is -4.61. The first-order chi connectivity index (χ1) is 45.2. The van der Waals surface area contributed by atoms with E-state index in [2.05, 4.69) is 209 Å². The van der Waals surface area contributed by atoms with Crippen LogP contribution in [-0.4, -0.2) is 18.3 Å². The predicted octanol–water partition coefficient (Wildman–Crippen LogP) is 21.8. The second-order valence-electron chi connectivity index (χ2n) is 23.8. The Bertz CT molecular complexity index is 6060. The first kappa shape index (κ1) is 57.1. The number of hydrogen-bond donors (Lipinski definition) is 0. The van der Waals surface area contributed by atoms with Crippen molar-refractivity contribution in [3.63, 3.8) is 0 Å². The fourth-order valence-corrected chi connectivity index (χ4v) is 14.4. The number of nitriles is 3. The van der Waals surface area contributed by atoms with Gasteiger partial charge < -0.3 is 18.3 Å². The number of alkyl halides is 3. The highest BCUT2D eigenvalue weighted by Crippen LogP contribution is 2.47. The molecule has 0 radical (unpaired) electrons. The third-order valence-electron chi connectivity index (χ3n) is 18.4. The number of halogens is 3. The van der Waals surface area contributed by atoms with E-state index >= 15 is 0 Å². The highest BCUT2D eigenvalue weighted by atomic mass is 19.4. The van der Waals surface area contributed by atoms with Gasteiger partial charge >= 0.3 is 6.18 Å². The van der Waals surface area contributed by atoms with E-state index in [1.807, 2.05) is 73.7 Å². The van der Waals surface area contributed by atoms with Gasteiger partial charge in [-0.3, -0.25) is 0 Å². The maximum absolute atomic E-state index is 13.7. The first-order valence-corrected chi connectivity index (χ1v) is 30.4. The molecule has 0 amide bonds. The molecule has 0 unspecified atom stereocenters. The van der Waals surface area contributed by atoms with Gasteiger partial charge in [0.1, 0.15) is 0 Å². The zero-order valence-electron chi connectivity index (χ0n) is 51.2. The van der Waals surface area contributed by atoms with E-state index in [9.17, 15) is 29.0 Å². The number of rotatable bonds is 6. The molecule has 8 nitrogen and oxygen atoms in total. The van der Waals surface area contributed by atoms with Gasteiger partial charge in [0, 0.05) is 54.2 Å². The molecule has 0 fully saturated rings. The Labute approximate surface area is 533 Å². The molecule has 0 N–H and O–H groups in total. The molecule has 0 aliphatic rings. The second kappa shape index (κ2) is 22.0. The van der Waals surface area contributed by atoms with Crippen molar-refractivity contribution in [2.24, 2.45) is 0 Å². The Morgan fingerprint density at radius 2 is 0.667 bits per heavy atom. The summed E-state index contributed by atoms with van der Waals surface area (Å²) in [5.74, 6) is 0. The largest absolute Gasteiger partial charge is 0.415 e. The molecule has 4 heterocycles. The molecule has 442 valence electrons. The van der Waals surface area contributed by atoms with Crippen LogP contribution >= 0.6 is 0 Å². The van der Waals surface area contributed by atoms with Crippen LogP contribution in [0.25, 0.3) is 137 Å². The van der Waals surface area contributed by atoms with Crippen molar-refractivity contribution in [1.82, 2.24) is 18.3 Å². The van der Waals surface area contributed by atoms with Crippen LogP contribution in [-0.2, 0) is 6.18 Å². The fourth-order valence-electron chi connectivity index (χ4n) is 14.4. The Balaban J connectivity index is 0.000000154. The van der Waals surface area contributed by atoms with Crippen molar-refractivity contribution in [2.45, 2.75) is 40.8 Å². The van der Waals surface area contributed by atoms with E-state index in [-0.39, 0.29) is 16.8 Å². The Morgan fingerprint density at radius 1 is 0.333 bits per heavy atom. The summed E-state index contributed by atoms with van der Waals surface area (Å²) in [5.41, 5.74) is 19.9.